The lowest BCUT2D eigenvalue weighted by atomic mass is 10.2. The van der Waals surface area contributed by atoms with Crippen LogP contribution in [0.3, 0.4) is 0 Å². The maximum Gasteiger partial charge on any atom is 0.339 e. The fourth-order valence-corrected chi connectivity index (χ4v) is 2.06. The highest BCUT2D eigenvalue weighted by Crippen LogP contribution is 2.28. The van der Waals surface area contributed by atoms with Gasteiger partial charge < -0.3 is 20.4 Å². The second kappa shape index (κ2) is 5.81. The summed E-state index contributed by atoms with van der Waals surface area (Å²) in [4.78, 5) is 24.9. The molecule has 0 spiro atoms. The number of rotatable bonds is 5. The zero-order chi connectivity index (χ0) is 14.7. The van der Waals surface area contributed by atoms with Crippen LogP contribution in [0.5, 0.6) is 5.75 Å². The van der Waals surface area contributed by atoms with E-state index < -0.39 is 5.97 Å². The minimum Gasteiger partial charge on any atom is -0.507 e. The van der Waals surface area contributed by atoms with Crippen molar-refractivity contribution < 1.29 is 19.8 Å². The van der Waals surface area contributed by atoms with Crippen LogP contribution < -0.4 is 5.32 Å². The maximum absolute atomic E-state index is 12.2. The van der Waals surface area contributed by atoms with Crippen molar-refractivity contribution in [3.05, 3.63) is 23.8 Å². The summed E-state index contributed by atoms with van der Waals surface area (Å²) in [5.41, 5.74) is 0.142. The van der Waals surface area contributed by atoms with Crippen molar-refractivity contribution in [2.75, 3.05) is 11.9 Å². The van der Waals surface area contributed by atoms with Crippen molar-refractivity contribution in [3.8, 4) is 5.75 Å². The fourth-order valence-electron chi connectivity index (χ4n) is 2.06. The number of aromatic hydroxyl groups is 1. The Balaban J connectivity index is 2.10. The van der Waals surface area contributed by atoms with E-state index in [1.165, 1.54) is 18.2 Å². The van der Waals surface area contributed by atoms with Crippen LogP contribution in [0.2, 0.25) is 0 Å². The van der Waals surface area contributed by atoms with Gasteiger partial charge in [0.1, 0.15) is 11.3 Å². The molecule has 0 radical (unpaired) electrons. The van der Waals surface area contributed by atoms with Crippen LogP contribution in [0.15, 0.2) is 18.2 Å². The van der Waals surface area contributed by atoms with E-state index in [-0.39, 0.29) is 17.3 Å². The van der Waals surface area contributed by atoms with Gasteiger partial charge >= 0.3 is 12.0 Å². The van der Waals surface area contributed by atoms with Gasteiger partial charge in [0.2, 0.25) is 0 Å². The molecule has 6 nitrogen and oxygen atoms in total. The van der Waals surface area contributed by atoms with Crippen LogP contribution in [-0.2, 0) is 0 Å². The predicted molar refractivity (Wildman–Crippen MR) is 74.1 cm³/mol. The molecule has 1 fully saturated rings. The van der Waals surface area contributed by atoms with Gasteiger partial charge in [-0.1, -0.05) is 6.92 Å². The van der Waals surface area contributed by atoms with Gasteiger partial charge in [-0.15, -0.1) is 0 Å². The molecule has 1 aliphatic carbocycles. The Morgan fingerprint density at radius 1 is 1.40 bits per heavy atom. The number of carboxylic acids is 1. The van der Waals surface area contributed by atoms with Gasteiger partial charge in [-0.2, -0.15) is 0 Å². The van der Waals surface area contributed by atoms with Crippen molar-refractivity contribution in [1.82, 2.24) is 4.90 Å². The molecule has 3 N–H and O–H groups in total. The Hall–Kier alpha value is -2.24. The third-order valence-corrected chi connectivity index (χ3v) is 3.19. The van der Waals surface area contributed by atoms with E-state index in [0.29, 0.717) is 18.3 Å². The van der Waals surface area contributed by atoms with Gasteiger partial charge in [-0.3, -0.25) is 0 Å². The lowest BCUT2D eigenvalue weighted by Gasteiger charge is -2.22. The van der Waals surface area contributed by atoms with Crippen molar-refractivity contribution in [3.63, 3.8) is 0 Å². The first-order chi connectivity index (χ1) is 9.52. The summed E-state index contributed by atoms with van der Waals surface area (Å²) >= 11 is 0. The third-order valence-electron chi connectivity index (χ3n) is 3.19. The minimum atomic E-state index is -1.23. The molecule has 0 heterocycles. The number of aromatic carboxylic acids is 1. The lowest BCUT2D eigenvalue weighted by Crippen LogP contribution is -2.37. The van der Waals surface area contributed by atoms with E-state index in [1.807, 2.05) is 6.92 Å². The van der Waals surface area contributed by atoms with E-state index in [0.717, 1.165) is 19.3 Å². The number of anilines is 1. The molecule has 2 rings (SSSR count). The zero-order valence-corrected chi connectivity index (χ0v) is 11.3. The highest BCUT2D eigenvalue weighted by atomic mass is 16.4. The predicted octanol–water partition coefficient (Wildman–Crippen LogP) is 2.50. The Bertz CT molecular complexity index is 526. The molecule has 0 atom stereocenters. The van der Waals surface area contributed by atoms with Crippen LogP contribution in [0.1, 0.15) is 36.5 Å². The van der Waals surface area contributed by atoms with Gasteiger partial charge in [0.25, 0.3) is 0 Å². The first-order valence-electron chi connectivity index (χ1n) is 6.67. The summed E-state index contributed by atoms with van der Waals surface area (Å²) in [6, 6.07) is 4.08. The zero-order valence-electron chi connectivity index (χ0n) is 11.3. The van der Waals surface area contributed by atoms with Gasteiger partial charge in [0.05, 0.1) is 0 Å². The first-order valence-corrected chi connectivity index (χ1v) is 6.67. The molecule has 1 aromatic carbocycles. The Kier molecular flexibility index (Phi) is 4.12. The molecule has 0 unspecified atom stereocenters. The van der Waals surface area contributed by atoms with Crippen molar-refractivity contribution in [1.29, 1.82) is 0 Å². The van der Waals surface area contributed by atoms with E-state index >= 15 is 0 Å². The minimum absolute atomic E-state index is 0.226. The summed E-state index contributed by atoms with van der Waals surface area (Å²) in [6.45, 7) is 2.69. The number of nitrogens with zero attached hydrogens (tertiary/aromatic N) is 1. The lowest BCUT2D eigenvalue weighted by molar-refractivity contribution is 0.0693. The van der Waals surface area contributed by atoms with Crippen LogP contribution in [0, 0.1) is 0 Å². The highest BCUT2D eigenvalue weighted by molar-refractivity contribution is 5.95. The topological polar surface area (TPSA) is 89.9 Å². The number of benzene rings is 1. The fraction of sp³-hybridized carbons (Fsp3) is 0.429. The van der Waals surface area contributed by atoms with Gasteiger partial charge in [-0.05, 0) is 37.5 Å². The summed E-state index contributed by atoms with van der Waals surface area (Å²) in [6.07, 6.45) is 2.91. The second-order valence-corrected chi connectivity index (χ2v) is 4.89. The quantitative estimate of drug-likeness (QED) is 0.722. The van der Waals surface area contributed by atoms with Gasteiger partial charge in [-0.25, -0.2) is 9.59 Å². The molecule has 108 valence electrons. The number of hydrogen-bond donors (Lipinski definition) is 3. The molecular weight excluding hydrogens is 260 g/mol. The number of hydrogen-bond acceptors (Lipinski definition) is 3. The van der Waals surface area contributed by atoms with Crippen LogP contribution in [0.4, 0.5) is 10.5 Å². The third kappa shape index (κ3) is 3.20. The van der Waals surface area contributed by atoms with E-state index in [9.17, 15) is 14.7 Å². The standard InChI is InChI=1S/C14H18N2O4/c1-2-7-16(10-4-5-10)14(20)15-9-3-6-12(17)11(8-9)13(18)19/h3,6,8,10,17H,2,4-5,7H2,1H3,(H,15,20)(H,18,19). The van der Waals surface area contributed by atoms with E-state index in [2.05, 4.69) is 5.32 Å². The Morgan fingerprint density at radius 3 is 2.65 bits per heavy atom. The van der Waals surface area contributed by atoms with Crippen molar-refractivity contribution in [2.45, 2.75) is 32.2 Å². The normalized spacial score (nSPS) is 13.8. The average Bonchev–Trinajstić information content (AvgIpc) is 3.22. The summed E-state index contributed by atoms with van der Waals surface area (Å²) in [5.74, 6) is -1.55. The highest BCUT2D eigenvalue weighted by Gasteiger charge is 2.32. The number of urea groups is 1. The van der Waals surface area contributed by atoms with Crippen LogP contribution in [-0.4, -0.2) is 39.7 Å². The molecule has 0 aliphatic heterocycles. The molecule has 6 heteroatoms. The number of carboxylic acid groups (broad SMARTS) is 1. The molecule has 20 heavy (non-hydrogen) atoms. The number of nitrogens with one attached hydrogen (secondary N) is 1. The van der Waals surface area contributed by atoms with Crippen molar-refractivity contribution >= 4 is 17.7 Å². The van der Waals surface area contributed by atoms with E-state index in [1.54, 1.807) is 4.90 Å². The monoisotopic (exact) mass is 278 g/mol. The molecule has 0 aromatic heterocycles. The average molecular weight is 278 g/mol. The smallest absolute Gasteiger partial charge is 0.339 e. The van der Waals surface area contributed by atoms with Crippen molar-refractivity contribution in [2.24, 2.45) is 0 Å². The SMILES string of the molecule is CCCN(C(=O)Nc1ccc(O)c(C(=O)O)c1)C1CC1. The number of amides is 2. The Morgan fingerprint density at radius 2 is 2.10 bits per heavy atom. The molecule has 0 bridgehead atoms. The molecular formula is C14H18N2O4. The number of phenols is 1. The number of carbonyl (C=O) groups excluding carboxylic acids is 1. The molecule has 1 saturated carbocycles. The molecule has 2 amide bonds. The maximum atomic E-state index is 12.2. The summed E-state index contributed by atoms with van der Waals surface area (Å²) < 4.78 is 0. The van der Waals surface area contributed by atoms with Crippen LogP contribution in [0.25, 0.3) is 0 Å². The molecule has 1 aliphatic rings. The van der Waals surface area contributed by atoms with Crippen LogP contribution >= 0.6 is 0 Å². The number of carbonyl (C=O) groups is 2. The molecule has 0 saturated heterocycles. The van der Waals surface area contributed by atoms with Gasteiger partial charge in [0.15, 0.2) is 0 Å². The summed E-state index contributed by atoms with van der Waals surface area (Å²) in [7, 11) is 0. The summed E-state index contributed by atoms with van der Waals surface area (Å²) in [5, 5.41) is 21.0. The first kappa shape index (κ1) is 14.2. The largest absolute Gasteiger partial charge is 0.507 e. The second-order valence-electron chi connectivity index (χ2n) is 4.89. The molecule has 1 aromatic rings. The van der Waals surface area contributed by atoms with E-state index in [4.69, 9.17) is 5.11 Å². The Labute approximate surface area is 117 Å². The van der Waals surface area contributed by atoms with Gasteiger partial charge in [0, 0.05) is 18.3 Å².